The normalized spacial score (nSPS) is 15.7. The zero-order valence-electron chi connectivity index (χ0n) is 12.8. The number of hydrogen-bond acceptors (Lipinski definition) is 3. The van der Waals surface area contributed by atoms with Crippen LogP contribution in [0.2, 0.25) is 0 Å². The number of amides is 1. The molecule has 0 rings (SSSR count). The van der Waals surface area contributed by atoms with Gasteiger partial charge in [0.2, 0.25) is 5.91 Å². The fraction of sp³-hybridized carbons (Fsp3) is 0.923. The summed E-state index contributed by atoms with van der Waals surface area (Å²) >= 11 is 0. The van der Waals surface area contributed by atoms with Crippen LogP contribution in [0.3, 0.4) is 0 Å². The Morgan fingerprint density at radius 2 is 1.48 bits per heavy atom. The molecule has 0 heterocycles. The van der Waals surface area contributed by atoms with Crippen LogP contribution in [0.1, 0.15) is 32.6 Å². The number of carbonyl (C=O) groups is 1. The number of nitrogens with two attached hydrogens (primary N) is 1. The lowest BCUT2D eigenvalue weighted by molar-refractivity contribution is -0.146. The molecule has 3 N–H and O–H groups in total. The smallest absolute Gasteiger partial charge is 0.390 e. The van der Waals surface area contributed by atoms with E-state index in [1.807, 2.05) is 0 Å². The summed E-state index contributed by atoms with van der Waals surface area (Å²) in [7, 11) is 0. The van der Waals surface area contributed by atoms with E-state index in [-0.39, 0.29) is 19.4 Å². The number of nitrogens with zero attached hydrogens (tertiary/aromatic N) is 1. The predicted molar refractivity (Wildman–Crippen MR) is 71.4 cm³/mol. The van der Waals surface area contributed by atoms with E-state index in [1.165, 1.54) is 0 Å². The van der Waals surface area contributed by atoms with Gasteiger partial charge in [0.15, 0.2) is 0 Å². The van der Waals surface area contributed by atoms with Crippen LogP contribution in [-0.2, 0) is 4.79 Å². The summed E-state index contributed by atoms with van der Waals surface area (Å²) < 4.78 is 73.3. The first-order valence-electron chi connectivity index (χ1n) is 7.12. The Labute approximate surface area is 130 Å². The minimum absolute atomic E-state index is 0.0385. The van der Waals surface area contributed by atoms with Gasteiger partial charge in [0.1, 0.15) is 0 Å². The van der Waals surface area contributed by atoms with Crippen molar-refractivity contribution in [3.63, 3.8) is 0 Å². The van der Waals surface area contributed by atoms with Crippen LogP contribution in [0, 0.1) is 5.92 Å². The zero-order valence-corrected chi connectivity index (χ0v) is 12.8. The fourth-order valence-corrected chi connectivity index (χ4v) is 1.89. The van der Waals surface area contributed by atoms with Crippen LogP contribution in [0.5, 0.6) is 0 Å². The molecule has 0 spiro atoms. The minimum atomic E-state index is -4.45. The maximum atomic E-state index is 12.2. The summed E-state index contributed by atoms with van der Waals surface area (Å²) in [5, 5.41) is 9.64. The van der Waals surface area contributed by atoms with Gasteiger partial charge in [-0.25, -0.2) is 0 Å². The van der Waals surface area contributed by atoms with Crippen molar-refractivity contribution in [1.82, 2.24) is 4.90 Å². The van der Waals surface area contributed by atoms with Gasteiger partial charge in [0.25, 0.3) is 0 Å². The third-order valence-corrected chi connectivity index (χ3v) is 3.39. The number of halogens is 6. The van der Waals surface area contributed by atoms with Crippen molar-refractivity contribution < 1.29 is 36.2 Å². The Morgan fingerprint density at radius 3 is 1.83 bits per heavy atom. The lowest BCUT2D eigenvalue weighted by Gasteiger charge is -2.26. The highest BCUT2D eigenvalue weighted by molar-refractivity contribution is 5.74. The standard InChI is InChI=1S/C13H22F6N2O2/c1-9(10(22)8-11(20)23)2-5-21(6-3-12(14,15)16)7-4-13(17,18)19/h9-10,22H,2-8H2,1H3,(H2,20,23)/t9-,10+/m1/s1. The molecule has 10 heteroatoms. The molecule has 0 saturated carbocycles. The molecule has 0 aromatic rings. The molecule has 0 unspecified atom stereocenters. The monoisotopic (exact) mass is 352 g/mol. The van der Waals surface area contributed by atoms with Crippen molar-refractivity contribution >= 4 is 5.91 Å². The van der Waals surface area contributed by atoms with Gasteiger partial charge in [-0.1, -0.05) is 6.92 Å². The average Bonchev–Trinajstić information content (AvgIpc) is 2.34. The van der Waals surface area contributed by atoms with Crippen LogP contribution in [0.15, 0.2) is 0 Å². The van der Waals surface area contributed by atoms with E-state index in [4.69, 9.17) is 5.73 Å². The van der Waals surface area contributed by atoms with Gasteiger partial charge in [-0.15, -0.1) is 0 Å². The summed E-state index contributed by atoms with van der Waals surface area (Å²) in [6, 6.07) is 0. The maximum Gasteiger partial charge on any atom is 0.390 e. The molecular weight excluding hydrogens is 330 g/mol. The predicted octanol–water partition coefficient (Wildman–Crippen LogP) is 2.46. The van der Waals surface area contributed by atoms with Crippen molar-refractivity contribution in [1.29, 1.82) is 0 Å². The molecule has 0 aliphatic rings. The highest BCUT2D eigenvalue weighted by atomic mass is 19.4. The van der Waals surface area contributed by atoms with Gasteiger partial charge in [0.05, 0.1) is 25.4 Å². The molecule has 23 heavy (non-hydrogen) atoms. The van der Waals surface area contributed by atoms with E-state index in [0.717, 1.165) is 4.90 Å². The molecule has 0 aliphatic carbocycles. The van der Waals surface area contributed by atoms with Crippen LogP contribution < -0.4 is 5.73 Å². The summed E-state index contributed by atoms with van der Waals surface area (Å²) in [5.74, 6) is -1.20. The first kappa shape index (κ1) is 22.0. The molecule has 1 amide bonds. The molecule has 0 bridgehead atoms. The van der Waals surface area contributed by atoms with Crippen LogP contribution in [-0.4, -0.2) is 54.0 Å². The van der Waals surface area contributed by atoms with Crippen molar-refractivity contribution in [2.75, 3.05) is 19.6 Å². The summed E-state index contributed by atoms with van der Waals surface area (Å²) in [6.07, 6.45) is -12.5. The number of carbonyl (C=O) groups excluding carboxylic acids is 1. The van der Waals surface area contributed by atoms with E-state index >= 15 is 0 Å². The molecule has 138 valence electrons. The Bertz CT molecular complexity index is 341. The summed E-state index contributed by atoms with van der Waals surface area (Å²) in [6.45, 7) is 0.429. The number of hydrogen-bond donors (Lipinski definition) is 2. The highest BCUT2D eigenvalue weighted by Crippen LogP contribution is 2.23. The Hall–Kier alpha value is -1.03. The quantitative estimate of drug-likeness (QED) is 0.594. The zero-order chi connectivity index (χ0) is 18.3. The maximum absolute atomic E-state index is 12.2. The van der Waals surface area contributed by atoms with Gasteiger partial charge in [-0.3, -0.25) is 4.79 Å². The minimum Gasteiger partial charge on any atom is -0.392 e. The van der Waals surface area contributed by atoms with Gasteiger partial charge in [-0.05, 0) is 18.9 Å². The first-order chi connectivity index (χ1) is 10.3. The second-order valence-corrected chi connectivity index (χ2v) is 5.58. The Balaban J connectivity index is 4.46. The van der Waals surface area contributed by atoms with Crippen molar-refractivity contribution in [3.8, 4) is 0 Å². The molecule has 0 radical (unpaired) electrons. The second-order valence-electron chi connectivity index (χ2n) is 5.58. The largest absolute Gasteiger partial charge is 0.392 e. The number of aliphatic hydroxyl groups is 1. The molecule has 0 saturated heterocycles. The van der Waals surface area contributed by atoms with Crippen LogP contribution in [0.25, 0.3) is 0 Å². The van der Waals surface area contributed by atoms with Gasteiger partial charge < -0.3 is 15.7 Å². The SMILES string of the molecule is C[C@H](CCN(CCC(F)(F)F)CCC(F)(F)F)[C@@H](O)CC(N)=O. The van der Waals surface area contributed by atoms with Crippen molar-refractivity contribution in [2.45, 2.75) is 51.1 Å². The number of alkyl halides is 6. The van der Waals surface area contributed by atoms with Crippen molar-refractivity contribution in [2.24, 2.45) is 11.7 Å². The van der Waals surface area contributed by atoms with Crippen molar-refractivity contribution in [3.05, 3.63) is 0 Å². The molecule has 2 atom stereocenters. The lowest BCUT2D eigenvalue weighted by Crippen LogP contribution is -2.34. The number of aliphatic hydroxyl groups excluding tert-OH is 1. The Kier molecular flexibility index (Phi) is 8.89. The van der Waals surface area contributed by atoms with E-state index in [2.05, 4.69) is 0 Å². The fourth-order valence-electron chi connectivity index (χ4n) is 1.89. The summed E-state index contributed by atoms with van der Waals surface area (Å²) in [5.41, 5.74) is 4.92. The molecule has 4 nitrogen and oxygen atoms in total. The molecule has 0 aromatic carbocycles. The number of primary amides is 1. The third kappa shape index (κ3) is 13.1. The first-order valence-corrected chi connectivity index (χ1v) is 7.12. The lowest BCUT2D eigenvalue weighted by atomic mass is 9.98. The molecular formula is C13H22F6N2O2. The number of rotatable bonds is 10. The molecule has 0 fully saturated rings. The van der Waals surface area contributed by atoms with E-state index in [0.29, 0.717) is 0 Å². The van der Waals surface area contributed by atoms with E-state index < -0.39 is 56.2 Å². The third-order valence-electron chi connectivity index (χ3n) is 3.39. The Morgan fingerprint density at radius 1 is 1.04 bits per heavy atom. The van der Waals surface area contributed by atoms with Gasteiger partial charge in [-0.2, -0.15) is 26.3 Å². The molecule has 0 aliphatic heterocycles. The van der Waals surface area contributed by atoms with Crippen LogP contribution in [0.4, 0.5) is 26.3 Å². The van der Waals surface area contributed by atoms with Gasteiger partial charge in [0, 0.05) is 13.1 Å². The highest BCUT2D eigenvalue weighted by Gasteiger charge is 2.31. The van der Waals surface area contributed by atoms with E-state index in [1.54, 1.807) is 6.92 Å². The second kappa shape index (κ2) is 9.31. The average molecular weight is 352 g/mol. The van der Waals surface area contributed by atoms with Gasteiger partial charge >= 0.3 is 12.4 Å². The molecule has 0 aromatic heterocycles. The topological polar surface area (TPSA) is 66.6 Å². The van der Waals surface area contributed by atoms with E-state index in [9.17, 15) is 36.2 Å². The van der Waals surface area contributed by atoms with Crippen LogP contribution >= 0.6 is 0 Å². The summed E-state index contributed by atoms with van der Waals surface area (Å²) in [4.78, 5) is 11.7.